The van der Waals surface area contributed by atoms with Crippen LogP contribution in [0.3, 0.4) is 0 Å². The number of amidine groups is 1. The average molecular weight is 529 g/mol. The largest absolute Gasteiger partial charge is 0.463 e. The smallest absolute Gasteiger partial charge is 0.338 e. The lowest BCUT2D eigenvalue weighted by atomic mass is 9.94. The Morgan fingerprint density at radius 1 is 1.50 bits per heavy atom. The predicted octanol–water partition coefficient (Wildman–Crippen LogP) is 3.75. The molecule has 3 heterocycles. The first-order valence-electron chi connectivity index (χ1n) is 8.85. The number of aromatic nitrogens is 1. The highest BCUT2D eigenvalue weighted by atomic mass is 127. The molecule has 0 bridgehead atoms. The van der Waals surface area contributed by atoms with Crippen LogP contribution in [0.15, 0.2) is 46.0 Å². The van der Waals surface area contributed by atoms with Crippen molar-refractivity contribution in [2.45, 2.75) is 25.4 Å². The number of hydrogen-bond donors (Lipinski definition) is 1. The van der Waals surface area contributed by atoms with Crippen molar-refractivity contribution >= 4 is 57.3 Å². The highest BCUT2D eigenvalue weighted by molar-refractivity contribution is 14.1. The first kappa shape index (κ1) is 19.8. The number of thiazole rings is 1. The molecule has 1 fully saturated rings. The molecule has 1 saturated heterocycles. The monoisotopic (exact) mass is 528 g/mol. The number of aliphatic imine (C=N–C) groups is 1. The van der Waals surface area contributed by atoms with Crippen LogP contribution in [0.5, 0.6) is 0 Å². The fraction of sp³-hybridized carbons (Fsp3) is 0.316. The van der Waals surface area contributed by atoms with Gasteiger partial charge in [-0.2, -0.15) is 0 Å². The van der Waals surface area contributed by atoms with Gasteiger partial charge in [-0.05, 0) is 41.6 Å². The van der Waals surface area contributed by atoms with Crippen molar-refractivity contribution in [2.75, 3.05) is 13.2 Å². The highest BCUT2D eigenvalue weighted by Gasteiger charge is 2.41. The van der Waals surface area contributed by atoms with Gasteiger partial charge in [-0.1, -0.05) is 17.7 Å². The molecule has 28 heavy (non-hydrogen) atoms. The molecule has 2 atom stereocenters. The number of carbonyl (C=O) groups excluding carboxylic acids is 1. The van der Waals surface area contributed by atoms with Crippen LogP contribution < -0.4 is 5.73 Å². The van der Waals surface area contributed by atoms with Gasteiger partial charge in [0.2, 0.25) is 0 Å². The number of benzene rings is 1. The van der Waals surface area contributed by atoms with Gasteiger partial charge in [-0.25, -0.2) is 9.78 Å². The van der Waals surface area contributed by atoms with Gasteiger partial charge in [-0.15, -0.1) is 11.3 Å². The number of carbonyl (C=O) groups is 1. The van der Waals surface area contributed by atoms with Gasteiger partial charge in [0.15, 0.2) is 10.8 Å². The van der Waals surface area contributed by atoms with E-state index in [0.717, 1.165) is 25.7 Å². The number of ether oxygens (including phenoxy) is 1. The molecular formula is C19H18ClIN4O2S. The zero-order valence-electron chi connectivity index (χ0n) is 15.1. The van der Waals surface area contributed by atoms with E-state index in [4.69, 9.17) is 27.1 Å². The SMILES string of the molecule is CCOC(=O)C1=C2C[C@H](N)CN2C(c2nccs2)=N[C@H]1c1ccc(I)cc1Cl. The number of fused-ring (bicyclic) bond motifs is 1. The molecule has 9 heteroatoms. The zero-order chi connectivity index (χ0) is 19.8. The minimum atomic E-state index is -0.556. The number of rotatable bonds is 4. The number of esters is 1. The lowest BCUT2D eigenvalue weighted by Crippen LogP contribution is -2.36. The van der Waals surface area contributed by atoms with Crippen LogP contribution >= 0.6 is 45.5 Å². The summed E-state index contributed by atoms with van der Waals surface area (Å²) in [4.78, 5) is 24.3. The van der Waals surface area contributed by atoms with E-state index in [1.165, 1.54) is 11.3 Å². The van der Waals surface area contributed by atoms with Crippen LogP contribution in [-0.4, -0.2) is 40.9 Å². The van der Waals surface area contributed by atoms with Crippen LogP contribution in [0, 0.1) is 3.57 Å². The zero-order valence-corrected chi connectivity index (χ0v) is 18.8. The Hall–Kier alpha value is -1.49. The van der Waals surface area contributed by atoms with Crippen LogP contribution in [0.4, 0.5) is 0 Å². The van der Waals surface area contributed by atoms with Crippen LogP contribution in [0.2, 0.25) is 5.02 Å². The normalized spacial score (nSPS) is 21.6. The van der Waals surface area contributed by atoms with E-state index in [2.05, 4.69) is 27.6 Å². The van der Waals surface area contributed by atoms with Crippen LogP contribution in [0.1, 0.15) is 30.0 Å². The molecule has 4 rings (SSSR count). The Morgan fingerprint density at radius 2 is 2.32 bits per heavy atom. The lowest BCUT2D eigenvalue weighted by molar-refractivity contribution is -0.139. The second kappa shape index (κ2) is 8.10. The Labute approximate surface area is 185 Å². The van der Waals surface area contributed by atoms with Gasteiger partial charge < -0.3 is 15.4 Å². The second-order valence-corrected chi connectivity index (χ2v) is 9.06. The molecule has 6 nitrogen and oxygen atoms in total. The molecule has 0 aliphatic carbocycles. The van der Waals surface area contributed by atoms with E-state index < -0.39 is 6.04 Å². The number of nitrogens with zero attached hydrogens (tertiary/aromatic N) is 3. The van der Waals surface area contributed by atoms with Gasteiger partial charge in [-0.3, -0.25) is 4.99 Å². The molecule has 2 aliphatic rings. The summed E-state index contributed by atoms with van der Waals surface area (Å²) >= 11 is 10.3. The van der Waals surface area contributed by atoms with Crippen molar-refractivity contribution in [2.24, 2.45) is 10.7 Å². The number of nitrogens with two attached hydrogens (primary N) is 1. The Morgan fingerprint density at radius 3 is 3.00 bits per heavy atom. The minimum Gasteiger partial charge on any atom is -0.463 e. The molecule has 146 valence electrons. The van der Waals surface area contributed by atoms with Crippen LogP contribution in [0.25, 0.3) is 0 Å². The molecule has 0 unspecified atom stereocenters. The number of hydrogen-bond acceptors (Lipinski definition) is 7. The second-order valence-electron chi connectivity index (χ2n) is 6.51. The fourth-order valence-corrected chi connectivity index (χ4v) is 5.14. The maximum absolute atomic E-state index is 12.9. The summed E-state index contributed by atoms with van der Waals surface area (Å²) in [5.74, 6) is 0.351. The van der Waals surface area contributed by atoms with Crippen molar-refractivity contribution in [3.05, 3.63) is 60.2 Å². The lowest BCUT2D eigenvalue weighted by Gasteiger charge is -2.31. The summed E-state index contributed by atoms with van der Waals surface area (Å²) in [6.45, 7) is 2.67. The third-order valence-corrected chi connectivity index (χ3v) is 6.43. The Kier molecular flexibility index (Phi) is 5.73. The summed E-state index contributed by atoms with van der Waals surface area (Å²) in [7, 11) is 0. The quantitative estimate of drug-likeness (QED) is 0.483. The summed E-state index contributed by atoms with van der Waals surface area (Å²) in [6, 6.07) is 5.10. The molecule has 0 radical (unpaired) electrons. The first-order valence-corrected chi connectivity index (χ1v) is 11.2. The van der Waals surface area contributed by atoms with E-state index >= 15 is 0 Å². The summed E-state index contributed by atoms with van der Waals surface area (Å²) in [6.07, 6.45) is 2.33. The minimum absolute atomic E-state index is 0.0875. The van der Waals surface area contributed by atoms with Crippen molar-refractivity contribution in [1.29, 1.82) is 0 Å². The fourth-order valence-electron chi connectivity index (χ4n) is 3.54. The molecule has 0 saturated carbocycles. The summed E-state index contributed by atoms with van der Waals surface area (Å²) in [5, 5.41) is 3.27. The summed E-state index contributed by atoms with van der Waals surface area (Å²) in [5.41, 5.74) is 8.39. The molecule has 1 aromatic heterocycles. The molecule has 2 aromatic rings. The maximum Gasteiger partial charge on any atom is 0.338 e. The van der Waals surface area contributed by atoms with Gasteiger partial charge in [0.25, 0.3) is 0 Å². The van der Waals surface area contributed by atoms with Gasteiger partial charge >= 0.3 is 5.97 Å². The Balaban J connectivity index is 1.91. The standard InChI is InChI=1S/C19H18ClIN4O2S/c1-2-27-19(26)15-14-8-11(22)9-25(14)17(18-23-5-6-28-18)24-16(15)12-4-3-10(21)7-13(12)20/h3-7,11,16H,2,8-9,22H2,1H3/t11-,16-/m0/s1. The Bertz CT molecular complexity index is 976. The molecule has 1 aromatic carbocycles. The van der Waals surface area contributed by atoms with Crippen molar-refractivity contribution in [1.82, 2.24) is 9.88 Å². The first-order chi connectivity index (χ1) is 13.5. The van der Waals surface area contributed by atoms with Crippen LogP contribution in [-0.2, 0) is 9.53 Å². The van der Waals surface area contributed by atoms with E-state index in [-0.39, 0.29) is 18.6 Å². The molecule has 0 amide bonds. The van der Waals surface area contributed by atoms with E-state index in [9.17, 15) is 4.79 Å². The van der Waals surface area contributed by atoms with E-state index in [1.807, 2.05) is 28.5 Å². The number of halogens is 2. The van der Waals surface area contributed by atoms with Crippen molar-refractivity contribution < 1.29 is 9.53 Å². The maximum atomic E-state index is 12.9. The van der Waals surface area contributed by atoms with Gasteiger partial charge in [0, 0.05) is 50.4 Å². The van der Waals surface area contributed by atoms with E-state index in [1.54, 1.807) is 13.1 Å². The van der Waals surface area contributed by atoms with Gasteiger partial charge in [0.05, 0.1) is 12.2 Å². The molecule has 0 spiro atoms. The van der Waals surface area contributed by atoms with Gasteiger partial charge in [0.1, 0.15) is 6.04 Å². The third kappa shape index (κ3) is 3.58. The molecular weight excluding hydrogens is 511 g/mol. The summed E-state index contributed by atoms with van der Waals surface area (Å²) < 4.78 is 6.39. The topological polar surface area (TPSA) is 80.8 Å². The predicted molar refractivity (Wildman–Crippen MR) is 119 cm³/mol. The average Bonchev–Trinajstić information content (AvgIpc) is 3.29. The van der Waals surface area contributed by atoms with Crippen molar-refractivity contribution in [3.8, 4) is 0 Å². The highest BCUT2D eigenvalue weighted by Crippen LogP contribution is 2.42. The molecule has 2 N–H and O–H groups in total. The third-order valence-electron chi connectivity index (χ3n) is 4.67. The van der Waals surface area contributed by atoms with E-state index in [0.29, 0.717) is 23.6 Å². The molecule has 2 aliphatic heterocycles. The van der Waals surface area contributed by atoms with Crippen molar-refractivity contribution in [3.63, 3.8) is 0 Å².